The lowest BCUT2D eigenvalue weighted by Gasteiger charge is -2.17. The highest BCUT2D eigenvalue weighted by atomic mass is 16.5. The van der Waals surface area contributed by atoms with Gasteiger partial charge in [0.2, 0.25) is 5.91 Å². The zero-order valence-electron chi connectivity index (χ0n) is 11.7. The van der Waals surface area contributed by atoms with E-state index in [0.717, 1.165) is 19.4 Å². The quantitative estimate of drug-likeness (QED) is 0.605. The molecule has 0 heterocycles. The molecule has 0 aliphatic rings. The highest BCUT2D eigenvalue weighted by Gasteiger charge is 2.18. The molecule has 102 valence electrons. The molecule has 0 saturated heterocycles. The SMILES string of the molecule is CCC(C)C(N)C(=O)NCCCOCC(C)C. The molecule has 4 nitrogen and oxygen atoms in total. The van der Waals surface area contributed by atoms with Crippen LogP contribution in [0.15, 0.2) is 0 Å². The molecular formula is C13H28N2O2. The molecule has 0 aromatic rings. The van der Waals surface area contributed by atoms with E-state index < -0.39 is 6.04 Å². The molecule has 0 radical (unpaired) electrons. The average molecular weight is 244 g/mol. The first-order valence-corrected chi connectivity index (χ1v) is 6.60. The molecule has 17 heavy (non-hydrogen) atoms. The molecule has 0 aromatic carbocycles. The van der Waals surface area contributed by atoms with Gasteiger partial charge in [0, 0.05) is 19.8 Å². The molecule has 0 bridgehead atoms. The van der Waals surface area contributed by atoms with Crippen molar-refractivity contribution >= 4 is 5.91 Å². The fourth-order valence-corrected chi connectivity index (χ4v) is 1.34. The van der Waals surface area contributed by atoms with Crippen molar-refractivity contribution in [3.8, 4) is 0 Å². The molecule has 0 aliphatic carbocycles. The predicted octanol–water partition coefficient (Wildman–Crippen LogP) is 1.54. The van der Waals surface area contributed by atoms with Gasteiger partial charge in [0.15, 0.2) is 0 Å². The van der Waals surface area contributed by atoms with E-state index in [9.17, 15) is 4.79 Å². The lowest BCUT2D eigenvalue weighted by molar-refractivity contribution is -0.123. The minimum atomic E-state index is -0.392. The number of ether oxygens (including phenoxy) is 1. The number of hydrogen-bond donors (Lipinski definition) is 2. The summed E-state index contributed by atoms with van der Waals surface area (Å²) < 4.78 is 5.42. The number of rotatable bonds is 9. The summed E-state index contributed by atoms with van der Waals surface area (Å²) in [4.78, 5) is 11.6. The van der Waals surface area contributed by atoms with E-state index in [1.54, 1.807) is 0 Å². The molecule has 0 fully saturated rings. The van der Waals surface area contributed by atoms with Crippen molar-refractivity contribution in [1.29, 1.82) is 0 Å². The van der Waals surface area contributed by atoms with Crippen LogP contribution in [-0.2, 0) is 9.53 Å². The maximum absolute atomic E-state index is 11.6. The van der Waals surface area contributed by atoms with E-state index in [1.807, 2.05) is 13.8 Å². The minimum absolute atomic E-state index is 0.0526. The van der Waals surface area contributed by atoms with Gasteiger partial charge in [0.1, 0.15) is 0 Å². The summed E-state index contributed by atoms with van der Waals surface area (Å²) in [5.74, 6) is 0.735. The molecule has 0 aliphatic heterocycles. The van der Waals surface area contributed by atoms with Crippen molar-refractivity contribution < 1.29 is 9.53 Å². The maximum Gasteiger partial charge on any atom is 0.237 e. The fraction of sp³-hybridized carbons (Fsp3) is 0.923. The second-order valence-corrected chi connectivity index (χ2v) is 5.02. The van der Waals surface area contributed by atoms with Crippen LogP contribution in [-0.4, -0.2) is 31.7 Å². The lowest BCUT2D eigenvalue weighted by Crippen LogP contribution is -2.45. The Morgan fingerprint density at radius 2 is 2.00 bits per heavy atom. The van der Waals surface area contributed by atoms with Crippen molar-refractivity contribution in [3.63, 3.8) is 0 Å². The molecule has 0 saturated carbocycles. The van der Waals surface area contributed by atoms with Crippen LogP contribution in [0.2, 0.25) is 0 Å². The molecule has 4 heteroatoms. The summed E-state index contributed by atoms with van der Waals surface area (Å²) in [6.45, 7) is 10.4. The van der Waals surface area contributed by atoms with Crippen molar-refractivity contribution in [2.24, 2.45) is 17.6 Å². The number of nitrogens with one attached hydrogen (secondary N) is 1. The van der Waals surface area contributed by atoms with E-state index in [1.165, 1.54) is 0 Å². The van der Waals surface area contributed by atoms with Crippen molar-refractivity contribution in [2.75, 3.05) is 19.8 Å². The summed E-state index contributed by atoms with van der Waals surface area (Å²) in [6.07, 6.45) is 1.76. The molecular weight excluding hydrogens is 216 g/mol. The Balaban J connectivity index is 3.51. The number of nitrogens with two attached hydrogens (primary N) is 1. The molecule has 2 atom stereocenters. The van der Waals surface area contributed by atoms with Crippen LogP contribution < -0.4 is 11.1 Å². The molecule has 0 spiro atoms. The standard InChI is InChI=1S/C13H28N2O2/c1-5-11(4)12(14)13(16)15-7-6-8-17-9-10(2)3/h10-12H,5-9,14H2,1-4H3,(H,15,16). The van der Waals surface area contributed by atoms with E-state index in [4.69, 9.17) is 10.5 Å². The van der Waals surface area contributed by atoms with Gasteiger partial charge in [-0.05, 0) is 18.3 Å². The summed E-state index contributed by atoms with van der Waals surface area (Å²) >= 11 is 0. The van der Waals surface area contributed by atoms with Gasteiger partial charge in [-0.2, -0.15) is 0 Å². The Labute approximate surface area is 105 Å². The predicted molar refractivity (Wildman–Crippen MR) is 70.7 cm³/mol. The van der Waals surface area contributed by atoms with Crippen molar-refractivity contribution in [1.82, 2.24) is 5.32 Å². The average Bonchev–Trinajstić information content (AvgIpc) is 2.30. The van der Waals surface area contributed by atoms with Gasteiger partial charge in [-0.3, -0.25) is 4.79 Å². The van der Waals surface area contributed by atoms with Crippen LogP contribution in [0.5, 0.6) is 0 Å². The lowest BCUT2D eigenvalue weighted by atomic mass is 9.99. The van der Waals surface area contributed by atoms with Gasteiger partial charge in [0.05, 0.1) is 6.04 Å². The van der Waals surface area contributed by atoms with E-state index >= 15 is 0 Å². The van der Waals surface area contributed by atoms with Gasteiger partial charge in [0.25, 0.3) is 0 Å². The van der Waals surface area contributed by atoms with Crippen LogP contribution in [0.4, 0.5) is 0 Å². The third-order valence-corrected chi connectivity index (χ3v) is 2.78. The third-order valence-electron chi connectivity index (χ3n) is 2.78. The Kier molecular flexibility index (Phi) is 9.09. The topological polar surface area (TPSA) is 64.4 Å². The molecule has 2 unspecified atom stereocenters. The Morgan fingerprint density at radius 3 is 2.53 bits per heavy atom. The van der Waals surface area contributed by atoms with Crippen LogP contribution in [0.3, 0.4) is 0 Å². The van der Waals surface area contributed by atoms with Gasteiger partial charge in [-0.15, -0.1) is 0 Å². The van der Waals surface area contributed by atoms with Crippen LogP contribution >= 0.6 is 0 Å². The number of carbonyl (C=O) groups excluding carboxylic acids is 1. The largest absolute Gasteiger partial charge is 0.381 e. The highest BCUT2D eigenvalue weighted by molar-refractivity contribution is 5.81. The smallest absolute Gasteiger partial charge is 0.237 e. The summed E-state index contributed by atoms with van der Waals surface area (Å²) in [7, 11) is 0. The Morgan fingerprint density at radius 1 is 1.35 bits per heavy atom. The van der Waals surface area contributed by atoms with Crippen LogP contribution in [0.25, 0.3) is 0 Å². The Bertz CT molecular complexity index is 208. The molecule has 0 rings (SSSR count). The zero-order valence-corrected chi connectivity index (χ0v) is 11.7. The molecule has 1 amide bonds. The number of amides is 1. The first-order chi connectivity index (χ1) is 7.99. The van der Waals surface area contributed by atoms with Crippen molar-refractivity contribution in [3.05, 3.63) is 0 Å². The monoisotopic (exact) mass is 244 g/mol. The summed E-state index contributed by atoms with van der Waals surface area (Å²) in [5.41, 5.74) is 5.81. The molecule has 3 N–H and O–H groups in total. The fourth-order valence-electron chi connectivity index (χ4n) is 1.34. The Hall–Kier alpha value is -0.610. The molecule has 0 aromatic heterocycles. The number of carbonyl (C=O) groups is 1. The summed E-state index contributed by atoms with van der Waals surface area (Å²) in [6, 6.07) is -0.392. The minimum Gasteiger partial charge on any atom is -0.381 e. The summed E-state index contributed by atoms with van der Waals surface area (Å²) in [5, 5.41) is 2.84. The number of hydrogen-bond acceptors (Lipinski definition) is 3. The van der Waals surface area contributed by atoms with Gasteiger partial charge >= 0.3 is 0 Å². The maximum atomic E-state index is 11.6. The van der Waals surface area contributed by atoms with Gasteiger partial charge in [-0.1, -0.05) is 34.1 Å². The van der Waals surface area contributed by atoms with Gasteiger partial charge < -0.3 is 15.8 Å². The van der Waals surface area contributed by atoms with Crippen molar-refractivity contribution in [2.45, 2.75) is 46.6 Å². The van der Waals surface area contributed by atoms with Gasteiger partial charge in [-0.25, -0.2) is 0 Å². The third kappa shape index (κ3) is 8.16. The van der Waals surface area contributed by atoms with Crippen LogP contribution in [0.1, 0.15) is 40.5 Å². The van der Waals surface area contributed by atoms with E-state index in [2.05, 4.69) is 19.2 Å². The van der Waals surface area contributed by atoms with E-state index in [-0.39, 0.29) is 11.8 Å². The second kappa shape index (κ2) is 9.42. The van der Waals surface area contributed by atoms with E-state index in [0.29, 0.717) is 19.1 Å². The first-order valence-electron chi connectivity index (χ1n) is 6.60. The highest BCUT2D eigenvalue weighted by Crippen LogP contribution is 2.04. The normalized spacial score (nSPS) is 14.7. The second-order valence-electron chi connectivity index (χ2n) is 5.02. The first kappa shape index (κ1) is 16.4. The zero-order chi connectivity index (χ0) is 13.3. The van der Waals surface area contributed by atoms with Crippen LogP contribution in [0, 0.1) is 11.8 Å².